The van der Waals surface area contributed by atoms with Crippen molar-refractivity contribution in [2.45, 2.75) is 13.3 Å². The van der Waals surface area contributed by atoms with Crippen molar-refractivity contribution >= 4 is 11.8 Å². The van der Waals surface area contributed by atoms with Gasteiger partial charge in [-0.25, -0.2) is 9.78 Å². The van der Waals surface area contributed by atoms with Crippen molar-refractivity contribution in [2.75, 3.05) is 32.5 Å². The van der Waals surface area contributed by atoms with Gasteiger partial charge in [0.15, 0.2) is 0 Å². The van der Waals surface area contributed by atoms with Crippen molar-refractivity contribution in [1.29, 1.82) is 0 Å². The molecule has 0 spiro atoms. The molecule has 0 fully saturated rings. The van der Waals surface area contributed by atoms with Gasteiger partial charge in [-0.15, -0.1) is 0 Å². The van der Waals surface area contributed by atoms with Gasteiger partial charge in [0.05, 0.1) is 0 Å². The van der Waals surface area contributed by atoms with E-state index in [1.165, 1.54) is 11.0 Å². The van der Waals surface area contributed by atoms with Gasteiger partial charge in [-0.1, -0.05) is 6.92 Å². The molecule has 0 atom stereocenters. The van der Waals surface area contributed by atoms with Crippen LogP contribution in [0.2, 0.25) is 0 Å². The van der Waals surface area contributed by atoms with Gasteiger partial charge in [0.1, 0.15) is 11.6 Å². The molecule has 1 heterocycles. The Morgan fingerprint density at radius 3 is 2.78 bits per heavy atom. The number of nitrogens with one attached hydrogen (secondary N) is 3. The minimum absolute atomic E-state index is 0.148. The summed E-state index contributed by atoms with van der Waals surface area (Å²) in [4.78, 5) is 30.8. The predicted octanol–water partition coefficient (Wildman–Crippen LogP) is 0.0154. The van der Waals surface area contributed by atoms with Gasteiger partial charge < -0.3 is 20.5 Å². The Bertz CT molecular complexity index is 455. The predicted molar refractivity (Wildman–Crippen MR) is 69.8 cm³/mol. The first-order valence-electron chi connectivity index (χ1n) is 5.82. The molecular formula is C11H19N5O2. The number of hydrogen-bond acceptors (Lipinski definition) is 4. The summed E-state index contributed by atoms with van der Waals surface area (Å²) >= 11 is 0. The number of amides is 2. The lowest BCUT2D eigenvalue weighted by atomic mass is 10.4. The summed E-state index contributed by atoms with van der Waals surface area (Å²) < 4.78 is 0. The number of rotatable bonds is 5. The summed E-state index contributed by atoms with van der Waals surface area (Å²) in [5.41, 5.74) is -0.179. The number of aromatic amines is 1. The second-order valence-electron chi connectivity index (χ2n) is 3.98. The summed E-state index contributed by atoms with van der Waals surface area (Å²) in [6.45, 7) is 2.89. The third kappa shape index (κ3) is 4.44. The van der Waals surface area contributed by atoms with E-state index >= 15 is 0 Å². The quantitative estimate of drug-likeness (QED) is 0.645. The molecular weight excluding hydrogens is 234 g/mol. The number of urea groups is 1. The van der Waals surface area contributed by atoms with Crippen LogP contribution in [-0.4, -0.2) is 48.1 Å². The van der Waals surface area contributed by atoms with Crippen LogP contribution in [0.4, 0.5) is 10.6 Å². The lowest BCUT2D eigenvalue weighted by Gasteiger charge is -2.12. The topological polar surface area (TPSA) is 90.1 Å². The van der Waals surface area contributed by atoms with E-state index in [0.717, 1.165) is 0 Å². The zero-order valence-electron chi connectivity index (χ0n) is 10.9. The molecule has 0 aliphatic heterocycles. The first-order valence-corrected chi connectivity index (χ1v) is 5.82. The molecule has 1 aromatic heterocycles. The molecule has 0 saturated heterocycles. The molecule has 1 aromatic rings. The SMILES string of the molecule is CCc1nc(NCCNC(=O)N(C)C)cc(=O)[nH]1. The molecule has 0 radical (unpaired) electrons. The van der Waals surface area contributed by atoms with E-state index in [1.807, 2.05) is 6.92 Å². The Morgan fingerprint density at radius 1 is 1.44 bits per heavy atom. The van der Waals surface area contributed by atoms with E-state index in [-0.39, 0.29) is 11.6 Å². The van der Waals surface area contributed by atoms with E-state index in [0.29, 0.717) is 31.2 Å². The van der Waals surface area contributed by atoms with Gasteiger partial charge in [-0.05, 0) is 0 Å². The second-order valence-corrected chi connectivity index (χ2v) is 3.98. The number of hydrogen-bond donors (Lipinski definition) is 3. The molecule has 0 aliphatic rings. The molecule has 0 aromatic carbocycles. The molecule has 100 valence electrons. The highest BCUT2D eigenvalue weighted by atomic mass is 16.2. The Hall–Kier alpha value is -2.05. The van der Waals surface area contributed by atoms with E-state index in [1.54, 1.807) is 14.1 Å². The number of nitrogens with zero attached hydrogens (tertiary/aromatic N) is 2. The Morgan fingerprint density at radius 2 is 2.17 bits per heavy atom. The Kier molecular flexibility index (Phi) is 5.16. The fourth-order valence-electron chi connectivity index (χ4n) is 1.28. The van der Waals surface area contributed by atoms with Crippen LogP contribution in [0, 0.1) is 0 Å². The highest BCUT2D eigenvalue weighted by Crippen LogP contribution is 1.98. The van der Waals surface area contributed by atoms with Gasteiger partial charge in [0.25, 0.3) is 5.56 Å². The van der Waals surface area contributed by atoms with Gasteiger partial charge in [-0.2, -0.15) is 0 Å². The van der Waals surface area contributed by atoms with Crippen LogP contribution in [0.25, 0.3) is 0 Å². The number of carbonyl (C=O) groups is 1. The molecule has 18 heavy (non-hydrogen) atoms. The zero-order chi connectivity index (χ0) is 13.5. The van der Waals surface area contributed by atoms with E-state index in [2.05, 4.69) is 20.6 Å². The van der Waals surface area contributed by atoms with E-state index in [4.69, 9.17) is 0 Å². The first kappa shape index (κ1) is 14.0. The smallest absolute Gasteiger partial charge is 0.316 e. The van der Waals surface area contributed by atoms with Crippen molar-refractivity contribution in [3.8, 4) is 0 Å². The summed E-state index contributed by atoms with van der Waals surface area (Å²) in [6.07, 6.45) is 0.669. The van der Waals surface area contributed by atoms with Gasteiger partial charge in [-0.3, -0.25) is 4.79 Å². The third-order valence-corrected chi connectivity index (χ3v) is 2.24. The lowest BCUT2D eigenvalue weighted by molar-refractivity contribution is 0.218. The number of carbonyl (C=O) groups excluding carboxylic acids is 1. The Balaban J connectivity index is 2.42. The normalized spacial score (nSPS) is 9.94. The van der Waals surface area contributed by atoms with Crippen LogP contribution >= 0.6 is 0 Å². The van der Waals surface area contributed by atoms with Gasteiger partial charge >= 0.3 is 6.03 Å². The molecule has 7 nitrogen and oxygen atoms in total. The minimum Gasteiger partial charge on any atom is -0.368 e. The fourth-order valence-corrected chi connectivity index (χ4v) is 1.28. The number of anilines is 1. The fraction of sp³-hybridized carbons (Fsp3) is 0.545. The monoisotopic (exact) mass is 253 g/mol. The van der Waals surface area contributed by atoms with E-state index in [9.17, 15) is 9.59 Å². The molecule has 0 saturated carbocycles. The summed E-state index contributed by atoms with van der Waals surface area (Å²) in [5.74, 6) is 1.16. The van der Waals surface area contributed by atoms with Crippen molar-refractivity contribution < 1.29 is 4.79 Å². The van der Waals surface area contributed by atoms with Crippen LogP contribution in [0.3, 0.4) is 0 Å². The number of H-pyrrole nitrogens is 1. The van der Waals surface area contributed by atoms with Crippen LogP contribution < -0.4 is 16.2 Å². The first-order chi connectivity index (χ1) is 8.52. The van der Waals surface area contributed by atoms with Crippen LogP contribution in [0.5, 0.6) is 0 Å². The molecule has 0 aliphatic carbocycles. The molecule has 2 amide bonds. The third-order valence-electron chi connectivity index (χ3n) is 2.24. The maximum atomic E-state index is 11.3. The largest absolute Gasteiger partial charge is 0.368 e. The Labute approximate surface area is 106 Å². The van der Waals surface area contributed by atoms with E-state index < -0.39 is 0 Å². The number of aromatic nitrogens is 2. The zero-order valence-corrected chi connectivity index (χ0v) is 10.9. The van der Waals surface area contributed by atoms with Crippen molar-refractivity contribution in [3.05, 3.63) is 22.2 Å². The second kappa shape index (κ2) is 6.63. The maximum Gasteiger partial charge on any atom is 0.316 e. The molecule has 0 bridgehead atoms. The van der Waals surface area contributed by atoms with Crippen LogP contribution in [0.1, 0.15) is 12.7 Å². The number of aryl methyl sites for hydroxylation is 1. The summed E-state index contributed by atoms with van der Waals surface area (Å²) in [6, 6.07) is 1.25. The van der Waals surface area contributed by atoms with Crippen LogP contribution in [0.15, 0.2) is 10.9 Å². The van der Waals surface area contributed by atoms with Gasteiger partial charge in [0, 0.05) is 39.7 Å². The highest BCUT2D eigenvalue weighted by Gasteiger charge is 2.02. The highest BCUT2D eigenvalue weighted by molar-refractivity contribution is 5.73. The molecule has 0 unspecified atom stereocenters. The summed E-state index contributed by atoms with van der Waals surface area (Å²) in [5, 5.41) is 5.70. The molecule has 3 N–H and O–H groups in total. The standard InChI is InChI=1S/C11H19N5O2/c1-4-8-14-9(7-10(17)15-8)12-5-6-13-11(18)16(2)3/h7H,4-6H2,1-3H3,(H,13,18)(H2,12,14,15,17). The van der Waals surface area contributed by atoms with Crippen molar-refractivity contribution in [3.63, 3.8) is 0 Å². The van der Waals surface area contributed by atoms with Crippen molar-refractivity contribution in [1.82, 2.24) is 20.2 Å². The summed E-state index contributed by atoms with van der Waals surface area (Å²) in [7, 11) is 3.35. The minimum atomic E-state index is -0.179. The average Bonchev–Trinajstić information content (AvgIpc) is 2.33. The van der Waals surface area contributed by atoms with Crippen molar-refractivity contribution in [2.24, 2.45) is 0 Å². The average molecular weight is 253 g/mol. The maximum absolute atomic E-state index is 11.3. The lowest BCUT2D eigenvalue weighted by Crippen LogP contribution is -2.37. The van der Waals surface area contributed by atoms with Crippen LogP contribution in [-0.2, 0) is 6.42 Å². The van der Waals surface area contributed by atoms with Gasteiger partial charge in [0.2, 0.25) is 0 Å². The molecule has 7 heteroatoms. The molecule has 1 rings (SSSR count).